The lowest BCUT2D eigenvalue weighted by molar-refractivity contribution is -0.116. The molecule has 7 heteroatoms. The number of phenolic OH excluding ortho intramolecular Hbond substituents is 2. The zero-order valence-corrected chi connectivity index (χ0v) is 18.7. The summed E-state index contributed by atoms with van der Waals surface area (Å²) in [7, 11) is 0. The van der Waals surface area contributed by atoms with Crippen LogP contribution in [0.1, 0.15) is 74.9 Å². The number of ketones is 2. The summed E-state index contributed by atoms with van der Waals surface area (Å²) < 4.78 is 0. The second kappa shape index (κ2) is 9.14. The Balaban J connectivity index is 2.61. The summed E-state index contributed by atoms with van der Waals surface area (Å²) in [5.74, 6) is -1.98. The molecule has 1 aliphatic carbocycles. The normalized spacial score (nSPS) is 18.5. The quantitative estimate of drug-likeness (QED) is 0.386. The van der Waals surface area contributed by atoms with Gasteiger partial charge in [-0.1, -0.05) is 13.8 Å². The molecule has 1 aliphatic rings. The van der Waals surface area contributed by atoms with Crippen LogP contribution in [0.3, 0.4) is 0 Å². The number of aliphatic hydroxyl groups excluding tert-OH is 3. The fourth-order valence-electron chi connectivity index (χ4n) is 3.89. The van der Waals surface area contributed by atoms with Gasteiger partial charge in [-0.25, -0.2) is 0 Å². The Labute approximate surface area is 182 Å². The van der Waals surface area contributed by atoms with Crippen LogP contribution in [0.5, 0.6) is 11.5 Å². The maximum atomic E-state index is 12.6. The van der Waals surface area contributed by atoms with Gasteiger partial charge in [-0.2, -0.15) is 0 Å². The lowest BCUT2D eigenvalue weighted by Crippen LogP contribution is -2.36. The summed E-state index contributed by atoms with van der Waals surface area (Å²) in [4.78, 5) is 25.0. The van der Waals surface area contributed by atoms with Crippen molar-refractivity contribution >= 4 is 11.6 Å². The predicted octanol–water partition coefficient (Wildman–Crippen LogP) is 4.33. The number of aliphatic hydroxyl groups is 3. The lowest BCUT2D eigenvalue weighted by atomic mass is 9.73. The molecular formula is C24H32O7. The molecule has 1 aromatic rings. The van der Waals surface area contributed by atoms with Gasteiger partial charge in [0.15, 0.2) is 11.6 Å². The van der Waals surface area contributed by atoms with Gasteiger partial charge in [-0.3, -0.25) is 9.59 Å². The molecule has 5 N–H and O–H groups in total. The van der Waals surface area contributed by atoms with E-state index in [0.717, 1.165) is 0 Å². The Morgan fingerprint density at radius 1 is 0.935 bits per heavy atom. The molecule has 0 bridgehead atoms. The van der Waals surface area contributed by atoms with Gasteiger partial charge >= 0.3 is 0 Å². The zero-order chi connectivity index (χ0) is 23.7. The van der Waals surface area contributed by atoms with Gasteiger partial charge in [0.1, 0.15) is 29.1 Å². The van der Waals surface area contributed by atoms with Crippen molar-refractivity contribution in [3.05, 3.63) is 45.4 Å². The van der Waals surface area contributed by atoms with Gasteiger partial charge in [0.2, 0.25) is 0 Å². The zero-order valence-electron chi connectivity index (χ0n) is 18.7. The largest absolute Gasteiger partial charge is 0.511 e. The highest BCUT2D eigenvalue weighted by molar-refractivity contribution is 6.00. The molecule has 0 aliphatic heterocycles. The molecule has 2 rings (SSSR count). The molecule has 7 nitrogen and oxygen atoms in total. The first-order valence-electron chi connectivity index (χ1n) is 10.5. The Morgan fingerprint density at radius 2 is 1.48 bits per heavy atom. The number of benzene rings is 1. The summed E-state index contributed by atoms with van der Waals surface area (Å²) in [6, 6.07) is 1.35. The van der Waals surface area contributed by atoms with Crippen molar-refractivity contribution in [2.45, 2.75) is 72.8 Å². The van der Waals surface area contributed by atoms with E-state index in [0.29, 0.717) is 12.8 Å². The third-order valence-corrected chi connectivity index (χ3v) is 5.87. The first kappa shape index (κ1) is 24.5. The van der Waals surface area contributed by atoms with E-state index in [2.05, 4.69) is 0 Å². The minimum atomic E-state index is -1.56. The van der Waals surface area contributed by atoms with E-state index >= 15 is 0 Å². The molecule has 1 aromatic carbocycles. The van der Waals surface area contributed by atoms with Gasteiger partial charge in [-0.15, -0.1) is 0 Å². The number of carbonyl (C=O) groups excluding carboxylic acids is 2. The Kier molecular flexibility index (Phi) is 7.21. The average Bonchev–Trinajstić information content (AvgIpc) is 2.70. The van der Waals surface area contributed by atoms with E-state index in [-0.39, 0.29) is 75.9 Å². The van der Waals surface area contributed by atoms with Crippen LogP contribution >= 0.6 is 0 Å². The molecule has 0 aromatic heterocycles. The maximum absolute atomic E-state index is 12.6. The Morgan fingerprint density at radius 3 is 2.03 bits per heavy atom. The minimum Gasteiger partial charge on any atom is -0.511 e. The number of aromatic hydroxyl groups is 2. The summed E-state index contributed by atoms with van der Waals surface area (Å²) in [5, 5.41) is 53.2. The minimum absolute atomic E-state index is 0.0523. The van der Waals surface area contributed by atoms with Gasteiger partial charge in [0.25, 0.3) is 0 Å². The highest BCUT2D eigenvalue weighted by Crippen LogP contribution is 2.45. The molecule has 0 fully saturated rings. The molecule has 0 saturated heterocycles. The van der Waals surface area contributed by atoms with Crippen LogP contribution in [0.2, 0.25) is 0 Å². The van der Waals surface area contributed by atoms with E-state index in [1.807, 2.05) is 6.92 Å². The monoisotopic (exact) mass is 432 g/mol. The second-order valence-corrected chi connectivity index (χ2v) is 8.59. The molecule has 31 heavy (non-hydrogen) atoms. The van der Waals surface area contributed by atoms with Gasteiger partial charge < -0.3 is 25.5 Å². The summed E-state index contributed by atoms with van der Waals surface area (Å²) >= 11 is 0. The molecule has 0 amide bonds. The molecule has 0 radical (unpaired) electrons. The average molecular weight is 433 g/mol. The number of phenols is 2. The van der Waals surface area contributed by atoms with Gasteiger partial charge in [-0.05, 0) is 45.2 Å². The first-order chi connectivity index (χ1) is 14.4. The van der Waals surface area contributed by atoms with Crippen LogP contribution in [0.25, 0.3) is 0 Å². The molecule has 170 valence electrons. The topological polar surface area (TPSA) is 135 Å². The van der Waals surface area contributed by atoms with E-state index in [9.17, 15) is 35.1 Å². The van der Waals surface area contributed by atoms with Crippen molar-refractivity contribution in [2.24, 2.45) is 5.41 Å². The van der Waals surface area contributed by atoms with Crippen molar-refractivity contribution < 1.29 is 35.1 Å². The molecular weight excluding hydrogens is 400 g/mol. The Hall–Kier alpha value is -2.80. The number of rotatable bonds is 8. The highest BCUT2D eigenvalue weighted by atomic mass is 16.3. The van der Waals surface area contributed by atoms with Crippen molar-refractivity contribution in [3.8, 4) is 11.5 Å². The molecule has 0 heterocycles. The Bertz CT molecular complexity index is 967. The number of hydrogen-bond donors (Lipinski definition) is 5. The predicted molar refractivity (Wildman–Crippen MR) is 116 cm³/mol. The van der Waals surface area contributed by atoms with Crippen LogP contribution < -0.4 is 0 Å². The molecule has 1 unspecified atom stereocenters. The molecule has 1 atom stereocenters. The first-order valence-corrected chi connectivity index (χ1v) is 10.5. The van der Waals surface area contributed by atoms with Crippen molar-refractivity contribution in [1.82, 2.24) is 0 Å². The van der Waals surface area contributed by atoms with Crippen LogP contribution in [0.4, 0.5) is 0 Å². The fraction of sp³-hybridized carbons (Fsp3) is 0.500. The number of Topliss-reactive ketones (excluding diaryl/α,β-unsaturated/α-hetero) is 2. The summed E-state index contributed by atoms with van der Waals surface area (Å²) in [5.41, 5.74) is -1.04. The van der Waals surface area contributed by atoms with Crippen LogP contribution in [-0.4, -0.2) is 43.2 Å². The summed E-state index contributed by atoms with van der Waals surface area (Å²) in [6.07, 6.45) is -0.289. The molecule has 0 spiro atoms. The standard InChI is InChI=1S/C24H32O7/c1-6-8-16(25)14-10-13(19(27)12(3)20(14)28)11-15-21(29)18(17(26)9-7-2)23(31)24(4,5)22(15)30/h10,21,27-31H,6-9,11H2,1-5H3. The SMILES string of the molecule is CCCC(=O)C1=C(O)C(C)(C)C(O)=C(Cc2cc(C(=O)CCC)c(O)c(C)c2O)C1O. The smallest absolute Gasteiger partial charge is 0.166 e. The van der Waals surface area contributed by atoms with E-state index in [1.165, 1.54) is 26.8 Å². The third kappa shape index (κ3) is 4.32. The highest BCUT2D eigenvalue weighted by Gasteiger charge is 2.43. The van der Waals surface area contributed by atoms with Gasteiger partial charge in [0, 0.05) is 30.4 Å². The van der Waals surface area contributed by atoms with Crippen LogP contribution in [-0.2, 0) is 11.2 Å². The third-order valence-electron chi connectivity index (χ3n) is 5.87. The number of carbonyl (C=O) groups is 2. The second-order valence-electron chi connectivity index (χ2n) is 8.59. The fourth-order valence-corrected chi connectivity index (χ4v) is 3.89. The van der Waals surface area contributed by atoms with E-state index in [4.69, 9.17) is 0 Å². The lowest BCUT2D eigenvalue weighted by Gasteiger charge is -2.35. The van der Waals surface area contributed by atoms with Crippen molar-refractivity contribution in [1.29, 1.82) is 0 Å². The van der Waals surface area contributed by atoms with E-state index < -0.39 is 17.3 Å². The maximum Gasteiger partial charge on any atom is 0.166 e. The molecule has 0 saturated carbocycles. The van der Waals surface area contributed by atoms with Crippen molar-refractivity contribution in [3.63, 3.8) is 0 Å². The number of hydrogen-bond acceptors (Lipinski definition) is 7. The van der Waals surface area contributed by atoms with Crippen LogP contribution in [0.15, 0.2) is 28.7 Å². The summed E-state index contributed by atoms with van der Waals surface area (Å²) in [6.45, 7) is 8.16. The van der Waals surface area contributed by atoms with Gasteiger partial charge in [0.05, 0.1) is 16.6 Å². The van der Waals surface area contributed by atoms with E-state index in [1.54, 1.807) is 6.92 Å². The van der Waals surface area contributed by atoms with Crippen LogP contribution in [0, 0.1) is 12.3 Å². The van der Waals surface area contributed by atoms with Crippen molar-refractivity contribution in [2.75, 3.05) is 0 Å².